The fourth-order valence-corrected chi connectivity index (χ4v) is 2.98. The highest BCUT2D eigenvalue weighted by Gasteiger charge is 2.23. The fraction of sp³-hybridized carbons (Fsp3) is 0.700. The predicted molar refractivity (Wildman–Crippen MR) is 59.1 cm³/mol. The third-order valence-electron chi connectivity index (χ3n) is 2.83. The lowest BCUT2D eigenvalue weighted by molar-refractivity contribution is 0.456. The Bertz CT molecular complexity index is 294. The molecule has 1 aliphatic rings. The highest BCUT2D eigenvalue weighted by atomic mass is 32.1. The molecule has 78 valence electrons. The second-order valence-corrected chi connectivity index (χ2v) is 4.55. The van der Waals surface area contributed by atoms with Crippen LogP contribution in [0.5, 0.6) is 5.88 Å². The second-order valence-electron chi connectivity index (χ2n) is 3.71. The van der Waals surface area contributed by atoms with Crippen LogP contribution in [0.15, 0.2) is 5.38 Å². The van der Waals surface area contributed by atoms with Crippen LogP contribution >= 0.6 is 11.3 Å². The van der Waals surface area contributed by atoms with Crippen LogP contribution in [0.4, 0.5) is 5.13 Å². The van der Waals surface area contributed by atoms with E-state index in [1.807, 2.05) is 0 Å². The van der Waals surface area contributed by atoms with Gasteiger partial charge in [-0.1, -0.05) is 12.8 Å². The second kappa shape index (κ2) is 4.17. The van der Waals surface area contributed by atoms with E-state index in [1.165, 1.54) is 37.0 Å². The molecule has 14 heavy (non-hydrogen) atoms. The van der Waals surface area contributed by atoms with E-state index in [4.69, 9.17) is 0 Å². The molecule has 0 bridgehead atoms. The number of nitrogens with zero attached hydrogens (tertiary/aromatic N) is 2. The van der Waals surface area contributed by atoms with Crippen molar-refractivity contribution in [1.29, 1.82) is 0 Å². The first-order valence-corrected chi connectivity index (χ1v) is 6.10. The minimum atomic E-state index is 0.154. The molecule has 1 N–H and O–H groups in total. The van der Waals surface area contributed by atoms with Gasteiger partial charge in [-0.05, 0) is 19.8 Å². The largest absolute Gasteiger partial charge is 0.493 e. The van der Waals surface area contributed by atoms with E-state index in [-0.39, 0.29) is 5.88 Å². The van der Waals surface area contributed by atoms with Crippen molar-refractivity contribution in [3.63, 3.8) is 0 Å². The lowest BCUT2D eigenvalue weighted by Crippen LogP contribution is -2.32. The van der Waals surface area contributed by atoms with Crippen molar-refractivity contribution in [3.05, 3.63) is 5.38 Å². The summed E-state index contributed by atoms with van der Waals surface area (Å²) in [6.45, 7) is 3.13. The van der Waals surface area contributed by atoms with Gasteiger partial charge in [0.25, 0.3) is 0 Å². The summed E-state index contributed by atoms with van der Waals surface area (Å²) < 4.78 is 0. The number of aromatic nitrogens is 1. The highest BCUT2D eigenvalue weighted by Crippen LogP contribution is 2.31. The van der Waals surface area contributed by atoms with Gasteiger partial charge >= 0.3 is 0 Å². The Labute approximate surface area is 88.4 Å². The number of rotatable bonds is 3. The van der Waals surface area contributed by atoms with Crippen LogP contribution in [0.2, 0.25) is 0 Å². The van der Waals surface area contributed by atoms with Gasteiger partial charge in [-0.2, -0.15) is 4.98 Å². The highest BCUT2D eigenvalue weighted by molar-refractivity contribution is 7.13. The Hall–Kier alpha value is -0.770. The number of aromatic hydroxyl groups is 1. The monoisotopic (exact) mass is 212 g/mol. The zero-order chi connectivity index (χ0) is 9.97. The molecule has 1 aromatic heterocycles. The van der Waals surface area contributed by atoms with Crippen molar-refractivity contribution in [3.8, 4) is 5.88 Å². The summed E-state index contributed by atoms with van der Waals surface area (Å²) in [7, 11) is 0. The summed E-state index contributed by atoms with van der Waals surface area (Å²) in [5.41, 5.74) is 0. The molecular formula is C10H16N2OS. The maximum absolute atomic E-state index is 9.21. The standard InChI is InChI=1S/C10H16N2OS/c1-2-12(8-5-3-4-6-8)10-11-9(13)7-14-10/h7-8,13H,2-6H2,1H3. The van der Waals surface area contributed by atoms with Crippen LogP contribution in [-0.2, 0) is 0 Å². The molecule has 3 nitrogen and oxygen atoms in total. The number of thiazole rings is 1. The molecule has 1 heterocycles. The first-order chi connectivity index (χ1) is 6.81. The molecule has 0 saturated heterocycles. The molecule has 4 heteroatoms. The molecule has 0 amide bonds. The molecule has 1 saturated carbocycles. The molecule has 2 rings (SSSR count). The number of hydrogen-bond donors (Lipinski definition) is 1. The molecule has 0 atom stereocenters. The number of anilines is 1. The van der Waals surface area contributed by atoms with Crippen LogP contribution in [-0.4, -0.2) is 22.7 Å². The van der Waals surface area contributed by atoms with Crippen LogP contribution in [0.3, 0.4) is 0 Å². The normalized spacial score (nSPS) is 17.5. The van der Waals surface area contributed by atoms with Gasteiger partial charge in [0.1, 0.15) is 0 Å². The van der Waals surface area contributed by atoms with Gasteiger partial charge in [-0.25, -0.2) is 0 Å². The Morgan fingerprint density at radius 3 is 2.79 bits per heavy atom. The maximum atomic E-state index is 9.21. The summed E-state index contributed by atoms with van der Waals surface area (Å²) in [4.78, 5) is 6.44. The summed E-state index contributed by atoms with van der Waals surface area (Å²) >= 11 is 1.53. The van der Waals surface area contributed by atoms with Gasteiger partial charge in [-0.15, -0.1) is 11.3 Å². The van der Waals surface area contributed by atoms with E-state index in [0.717, 1.165) is 11.7 Å². The molecule has 1 aromatic rings. The van der Waals surface area contributed by atoms with Crippen molar-refractivity contribution in [1.82, 2.24) is 4.98 Å². The average molecular weight is 212 g/mol. The van der Waals surface area contributed by atoms with Crippen LogP contribution in [0.25, 0.3) is 0 Å². The number of hydrogen-bond acceptors (Lipinski definition) is 4. The van der Waals surface area contributed by atoms with E-state index >= 15 is 0 Å². The molecule has 1 aliphatic carbocycles. The quantitative estimate of drug-likeness (QED) is 0.836. The minimum Gasteiger partial charge on any atom is -0.493 e. The Kier molecular flexibility index (Phi) is 2.91. The maximum Gasteiger partial charge on any atom is 0.223 e. The summed E-state index contributed by atoms with van der Waals surface area (Å²) in [6.07, 6.45) is 5.21. The van der Waals surface area contributed by atoms with Crippen molar-refractivity contribution in [2.75, 3.05) is 11.4 Å². The van der Waals surface area contributed by atoms with Crippen molar-refractivity contribution >= 4 is 16.5 Å². The molecule has 1 fully saturated rings. The van der Waals surface area contributed by atoms with Crippen molar-refractivity contribution < 1.29 is 5.11 Å². The van der Waals surface area contributed by atoms with Crippen molar-refractivity contribution in [2.45, 2.75) is 38.6 Å². The predicted octanol–water partition coefficient (Wildman–Crippen LogP) is 2.62. The first-order valence-electron chi connectivity index (χ1n) is 5.22. The zero-order valence-electron chi connectivity index (χ0n) is 8.44. The van der Waals surface area contributed by atoms with E-state index in [0.29, 0.717) is 6.04 Å². The van der Waals surface area contributed by atoms with Crippen LogP contribution in [0.1, 0.15) is 32.6 Å². The van der Waals surface area contributed by atoms with E-state index in [1.54, 1.807) is 5.38 Å². The lowest BCUT2D eigenvalue weighted by Gasteiger charge is -2.26. The van der Waals surface area contributed by atoms with Gasteiger partial charge in [0.2, 0.25) is 5.88 Å². The minimum absolute atomic E-state index is 0.154. The molecule has 0 aliphatic heterocycles. The molecule has 0 aromatic carbocycles. The van der Waals surface area contributed by atoms with E-state index in [9.17, 15) is 5.11 Å². The van der Waals surface area contributed by atoms with Crippen LogP contribution < -0.4 is 4.90 Å². The van der Waals surface area contributed by atoms with E-state index in [2.05, 4.69) is 16.8 Å². The zero-order valence-corrected chi connectivity index (χ0v) is 9.26. The third kappa shape index (κ3) is 1.85. The molecule has 0 spiro atoms. The summed E-state index contributed by atoms with van der Waals surface area (Å²) in [6, 6.07) is 0.644. The van der Waals surface area contributed by atoms with Gasteiger partial charge in [-0.3, -0.25) is 0 Å². The van der Waals surface area contributed by atoms with Gasteiger partial charge in [0.15, 0.2) is 5.13 Å². The summed E-state index contributed by atoms with van der Waals surface area (Å²) in [5, 5.41) is 11.9. The van der Waals surface area contributed by atoms with Crippen molar-refractivity contribution in [2.24, 2.45) is 0 Å². The van der Waals surface area contributed by atoms with Crippen LogP contribution in [0, 0.1) is 0 Å². The molecular weight excluding hydrogens is 196 g/mol. The molecule has 0 radical (unpaired) electrons. The topological polar surface area (TPSA) is 36.4 Å². The first kappa shape index (κ1) is 9.77. The van der Waals surface area contributed by atoms with Gasteiger partial charge in [0, 0.05) is 12.6 Å². The fourth-order valence-electron chi connectivity index (χ4n) is 2.15. The summed E-state index contributed by atoms with van der Waals surface area (Å²) in [5.74, 6) is 0.154. The average Bonchev–Trinajstić information content (AvgIpc) is 2.79. The van der Waals surface area contributed by atoms with Gasteiger partial charge < -0.3 is 10.0 Å². The molecule has 0 unspecified atom stereocenters. The Balaban J connectivity index is 2.12. The lowest BCUT2D eigenvalue weighted by atomic mass is 10.2. The smallest absolute Gasteiger partial charge is 0.223 e. The van der Waals surface area contributed by atoms with E-state index < -0.39 is 0 Å². The Morgan fingerprint density at radius 2 is 2.29 bits per heavy atom. The van der Waals surface area contributed by atoms with Gasteiger partial charge in [0.05, 0.1) is 5.38 Å². The Morgan fingerprint density at radius 1 is 1.57 bits per heavy atom. The SMILES string of the molecule is CCN(c1nc(O)cs1)C1CCCC1. The third-order valence-corrected chi connectivity index (χ3v) is 3.70.